The van der Waals surface area contributed by atoms with Crippen LogP contribution in [-0.4, -0.2) is 21.5 Å². The Morgan fingerprint density at radius 1 is 1.71 bits per heavy atom. The molecular formula is C3H7ClN2Se. The summed E-state index contributed by atoms with van der Waals surface area (Å²) >= 11 is 0.148. The summed E-state index contributed by atoms with van der Waals surface area (Å²) in [5, 5.41) is 8.81. The number of hydrogen-bond acceptors (Lipinski definition) is 2. The van der Waals surface area contributed by atoms with Crippen LogP contribution in [0.5, 0.6) is 0 Å². The van der Waals surface area contributed by atoms with Crippen LogP contribution in [-0.2, 0) is 0 Å². The Balaban J connectivity index is 0. The summed E-state index contributed by atoms with van der Waals surface area (Å²) in [6.07, 6.45) is 0. The quantitative estimate of drug-likeness (QED) is 0.485. The zero-order valence-corrected chi connectivity index (χ0v) is 6.28. The fourth-order valence-corrected chi connectivity index (χ4v) is 0.543. The molecule has 0 rings (SSSR count). The van der Waals surface area contributed by atoms with Crippen molar-refractivity contribution in [2.75, 3.05) is 6.54 Å². The first kappa shape index (κ1) is 10.3. The molecule has 0 radical (unpaired) electrons. The van der Waals surface area contributed by atoms with Crippen molar-refractivity contribution in [3.05, 3.63) is 0 Å². The van der Waals surface area contributed by atoms with Crippen LogP contribution in [0.3, 0.4) is 0 Å². The van der Waals surface area contributed by atoms with Gasteiger partial charge in [-0.05, 0) is 0 Å². The minimum atomic E-state index is 0. The predicted octanol–water partition coefficient (Wildman–Crippen LogP) is -0.0295. The molecule has 2 N–H and O–H groups in total. The molecule has 0 atom stereocenters. The summed E-state index contributed by atoms with van der Waals surface area (Å²) in [6, 6.07) is 0. The number of hydrogen-bond donors (Lipinski definition) is 1. The SMILES string of the molecule is Cl.N#C[Se]CCN. The van der Waals surface area contributed by atoms with Gasteiger partial charge in [-0.1, -0.05) is 0 Å². The number of nitrogens with two attached hydrogens (primary N) is 1. The summed E-state index contributed by atoms with van der Waals surface area (Å²) in [5.41, 5.74) is 5.08. The molecule has 0 aliphatic rings. The number of nitriles is 1. The number of rotatable bonds is 2. The van der Waals surface area contributed by atoms with Crippen LogP contribution >= 0.6 is 12.4 Å². The van der Waals surface area contributed by atoms with Crippen LogP contribution in [0.2, 0.25) is 5.32 Å². The van der Waals surface area contributed by atoms with Crippen molar-refractivity contribution in [1.82, 2.24) is 0 Å². The first-order valence-corrected chi connectivity index (χ1v) is 3.69. The summed E-state index contributed by atoms with van der Waals surface area (Å²) in [7, 11) is 0. The molecule has 0 aliphatic carbocycles. The number of halogens is 1. The van der Waals surface area contributed by atoms with Crippen molar-refractivity contribution in [3.63, 3.8) is 0 Å². The molecule has 0 aromatic carbocycles. The van der Waals surface area contributed by atoms with Gasteiger partial charge in [0.15, 0.2) is 0 Å². The molecule has 0 spiro atoms. The fourth-order valence-electron chi connectivity index (χ4n) is 0.105. The third-order valence-electron chi connectivity index (χ3n) is 0.284. The molecule has 0 bridgehead atoms. The van der Waals surface area contributed by atoms with E-state index in [1.165, 1.54) is 0 Å². The Morgan fingerprint density at radius 3 is 2.43 bits per heavy atom. The van der Waals surface area contributed by atoms with E-state index in [4.69, 9.17) is 11.0 Å². The van der Waals surface area contributed by atoms with Gasteiger partial charge in [0, 0.05) is 0 Å². The van der Waals surface area contributed by atoms with E-state index in [2.05, 4.69) is 4.97 Å². The van der Waals surface area contributed by atoms with Gasteiger partial charge in [0.25, 0.3) is 0 Å². The number of nitrogens with zero attached hydrogens (tertiary/aromatic N) is 1. The Hall–Kier alpha value is 0.259. The molecule has 7 heavy (non-hydrogen) atoms. The van der Waals surface area contributed by atoms with E-state index >= 15 is 0 Å². The monoisotopic (exact) mass is 186 g/mol. The van der Waals surface area contributed by atoms with E-state index < -0.39 is 0 Å². The third kappa shape index (κ3) is 10.7. The molecule has 0 saturated carbocycles. The van der Waals surface area contributed by atoms with Gasteiger partial charge in [0.1, 0.15) is 0 Å². The molecule has 0 aromatic heterocycles. The van der Waals surface area contributed by atoms with E-state index in [9.17, 15) is 0 Å². The van der Waals surface area contributed by atoms with Gasteiger partial charge in [-0.2, -0.15) is 0 Å². The Labute approximate surface area is 55.6 Å². The van der Waals surface area contributed by atoms with E-state index in [1.54, 1.807) is 0 Å². The zero-order valence-electron chi connectivity index (χ0n) is 3.76. The van der Waals surface area contributed by atoms with Crippen molar-refractivity contribution < 1.29 is 0 Å². The van der Waals surface area contributed by atoms with Crippen molar-refractivity contribution in [1.29, 1.82) is 5.26 Å². The van der Waals surface area contributed by atoms with Crippen LogP contribution in [0.15, 0.2) is 0 Å². The molecule has 0 aliphatic heterocycles. The molecule has 0 saturated heterocycles. The van der Waals surface area contributed by atoms with Crippen LogP contribution in [0.4, 0.5) is 0 Å². The van der Waals surface area contributed by atoms with Gasteiger partial charge >= 0.3 is 42.8 Å². The van der Waals surface area contributed by atoms with E-state index in [-0.39, 0.29) is 27.4 Å². The van der Waals surface area contributed by atoms with Gasteiger partial charge < -0.3 is 0 Å². The Morgan fingerprint density at radius 2 is 2.29 bits per heavy atom. The Bertz CT molecular complexity index is 60.4. The zero-order chi connectivity index (χ0) is 4.83. The summed E-state index contributed by atoms with van der Waals surface area (Å²) in [5.74, 6) is 0. The van der Waals surface area contributed by atoms with E-state index in [0.29, 0.717) is 6.54 Å². The van der Waals surface area contributed by atoms with Gasteiger partial charge in [0.2, 0.25) is 0 Å². The standard InChI is InChI=1S/C3H6N2Se.ClH/c4-1-2-6-3-5;/h1-2,4H2;1H. The third-order valence-corrected chi connectivity index (χ3v) is 1.48. The Kier molecular flexibility index (Phi) is 14.0. The maximum atomic E-state index is 7.92. The van der Waals surface area contributed by atoms with Gasteiger partial charge in [-0.25, -0.2) is 0 Å². The molecule has 0 aromatic rings. The average Bonchev–Trinajstić information content (AvgIpc) is 1.61. The molecule has 0 fully saturated rings. The van der Waals surface area contributed by atoms with Crippen LogP contribution in [0, 0.1) is 10.2 Å². The molecule has 0 heterocycles. The molecule has 4 heteroatoms. The summed E-state index contributed by atoms with van der Waals surface area (Å²) in [6.45, 7) is 0.660. The maximum absolute atomic E-state index is 7.92. The van der Waals surface area contributed by atoms with Gasteiger partial charge in [0.05, 0.1) is 0 Å². The molecule has 42 valence electrons. The van der Waals surface area contributed by atoms with Crippen molar-refractivity contribution in [3.8, 4) is 4.97 Å². The average molecular weight is 186 g/mol. The van der Waals surface area contributed by atoms with Crippen LogP contribution < -0.4 is 5.73 Å². The first-order chi connectivity index (χ1) is 2.91. The predicted molar refractivity (Wildman–Crippen MR) is 32.5 cm³/mol. The van der Waals surface area contributed by atoms with Crippen LogP contribution in [0.1, 0.15) is 0 Å². The molecular weight excluding hydrogens is 178 g/mol. The van der Waals surface area contributed by atoms with Crippen LogP contribution in [0.25, 0.3) is 0 Å². The van der Waals surface area contributed by atoms with E-state index in [1.807, 2.05) is 0 Å². The summed E-state index contributed by atoms with van der Waals surface area (Å²) in [4.78, 5) is 2.05. The van der Waals surface area contributed by atoms with Crippen molar-refractivity contribution >= 4 is 27.4 Å². The van der Waals surface area contributed by atoms with Crippen molar-refractivity contribution in [2.45, 2.75) is 5.32 Å². The van der Waals surface area contributed by atoms with E-state index in [0.717, 1.165) is 5.32 Å². The van der Waals surface area contributed by atoms with Gasteiger partial charge in [-0.3, -0.25) is 0 Å². The molecule has 2 nitrogen and oxygen atoms in total. The second-order valence-corrected chi connectivity index (χ2v) is 2.57. The normalized spacial score (nSPS) is 6.29. The minimum absolute atomic E-state index is 0. The topological polar surface area (TPSA) is 49.8 Å². The second kappa shape index (κ2) is 9.54. The fraction of sp³-hybridized carbons (Fsp3) is 0.667. The summed E-state index contributed by atoms with van der Waals surface area (Å²) < 4.78 is 0. The first-order valence-electron chi connectivity index (χ1n) is 1.62. The van der Waals surface area contributed by atoms with Crippen molar-refractivity contribution in [2.24, 2.45) is 5.73 Å². The molecule has 0 amide bonds. The second-order valence-electron chi connectivity index (χ2n) is 0.728. The molecule has 0 unspecified atom stereocenters. The van der Waals surface area contributed by atoms with Gasteiger partial charge in [-0.15, -0.1) is 12.4 Å².